The molecule has 0 spiro atoms. The fourth-order valence-electron chi connectivity index (χ4n) is 1.78. The Kier molecular flexibility index (Phi) is 6.11. The Morgan fingerprint density at radius 3 is 3.05 bits per heavy atom. The van der Waals surface area contributed by atoms with E-state index in [1.807, 2.05) is 10.8 Å². The first kappa shape index (κ1) is 15.4. The van der Waals surface area contributed by atoms with Crippen molar-refractivity contribution in [3.8, 4) is 17.6 Å². The van der Waals surface area contributed by atoms with Gasteiger partial charge in [0.15, 0.2) is 0 Å². The van der Waals surface area contributed by atoms with E-state index in [1.165, 1.54) is 12.1 Å². The highest BCUT2D eigenvalue weighted by Crippen LogP contribution is 2.19. The van der Waals surface area contributed by atoms with Gasteiger partial charge in [0, 0.05) is 31.2 Å². The van der Waals surface area contributed by atoms with E-state index in [4.69, 9.17) is 16.3 Å². The number of benzene rings is 1. The van der Waals surface area contributed by atoms with E-state index in [2.05, 4.69) is 16.8 Å². The molecule has 0 N–H and O–H groups in total. The molecule has 1 aromatic heterocycles. The van der Waals surface area contributed by atoms with Gasteiger partial charge >= 0.3 is 0 Å². The molecule has 1 heterocycles. The van der Waals surface area contributed by atoms with Gasteiger partial charge in [-0.05, 0) is 24.6 Å². The molecular formula is C16H16ClFN2O. The maximum absolute atomic E-state index is 13.3. The number of alkyl halides is 1. The third kappa shape index (κ3) is 5.13. The molecule has 2 aromatic rings. The Bertz CT molecular complexity index is 617. The zero-order chi connectivity index (χ0) is 14.9. The van der Waals surface area contributed by atoms with Crippen molar-refractivity contribution in [3.63, 3.8) is 0 Å². The van der Waals surface area contributed by atoms with Gasteiger partial charge in [-0.1, -0.05) is 11.8 Å². The molecular weight excluding hydrogens is 291 g/mol. The largest absolute Gasteiger partial charge is 0.492 e. The molecule has 0 aliphatic heterocycles. The fourth-order valence-corrected chi connectivity index (χ4v) is 1.87. The molecule has 21 heavy (non-hydrogen) atoms. The van der Waals surface area contributed by atoms with E-state index >= 15 is 0 Å². The number of hydrogen-bond donors (Lipinski definition) is 0. The number of halogens is 2. The quantitative estimate of drug-likeness (QED) is 0.464. The van der Waals surface area contributed by atoms with Crippen LogP contribution in [0.25, 0.3) is 0 Å². The number of nitrogens with zero attached hydrogens (tertiary/aromatic N) is 2. The van der Waals surface area contributed by atoms with Crippen LogP contribution in [0.2, 0.25) is 0 Å². The molecule has 5 heteroatoms. The minimum absolute atomic E-state index is 0.323. The van der Waals surface area contributed by atoms with Crippen molar-refractivity contribution < 1.29 is 9.13 Å². The van der Waals surface area contributed by atoms with E-state index in [1.54, 1.807) is 18.6 Å². The summed E-state index contributed by atoms with van der Waals surface area (Å²) in [7, 11) is 0. The van der Waals surface area contributed by atoms with Crippen LogP contribution in [0.1, 0.15) is 18.4 Å². The fraction of sp³-hybridized carbons (Fsp3) is 0.312. The summed E-state index contributed by atoms with van der Waals surface area (Å²) in [5.74, 6) is 6.53. The SMILES string of the molecule is Fc1ccc(OCCCn2ccnc2)c(C#CCCCl)c1. The average Bonchev–Trinajstić information content (AvgIpc) is 2.99. The normalized spacial score (nSPS) is 10.0. The highest BCUT2D eigenvalue weighted by atomic mass is 35.5. The lowest BCUT2D eigenvalue weighted by molar-refractivity contribution is 0.300. The van der Waals surface area contributed by atoms with E-state index in [9.17, 15) is 4.39 Å². The maximum Gasteiger partial charge on any atom is 0.135 e. The van der Waals surface area contributed by atoms with Crippen LogP contribution in [0, 0.1) is 17.7 Å². The Balaban J connectivity index is 1.91. The average molecular weight is 307 g/mol. The number of hydrogen-bond acceptors (Lipinski definition) is 2. The number of aromatic nitrogens is 2. The Morgan fingerprint density at radius 1 is 1.38 bits per heavy atom. The lowest BCUT2D eigenvalue weighted by Crippen LogP contribution is -2.04. The van der Waals surface area contributed by atoms with Crippen molar-refractivity contribution in [2.75, 3.05) is 12.5 Å². The molecule has 0 saturated heterocycles. The zero-order valence-corrected chi connectivity index (χ0v) is 12.3. The van der Waals surface area contributed by atoms with Crippen LogP contribution in [0.4, 0.5) is 4.39 Å². The monoisotopic (exact) mass is 306 g/mol. The summed E-state index contributed by atoms with van der Waals surface area (Å²) in [5.41, 5.74) is 0.558. The summed E-state index contributed by atoms with van der Waals surface area (Å²) in [6, 6.07) is 4.36. The lowest BCUT2D eigenvalue weighted by Gasteiger charge is -2.08. The second kappa shape index (κ2) is 8.33. The molecule has 0 radical (unpaired) electrons. The smallest absolute Gasteiger partial charge is 0.135 e. The molecule has 0 atom stereocenters. The van der Waals surface area contributed by atoms with Crippen LogP contribution in [0.5, 0.6) is 5.75 Å². The van der Waals surface area contributed by atoms with Crippen molar-refractivity contribution in [3.05, 3.63) is 48.3 Å². The van der Waals surface area contributed by atoms with E-state index in [0.29, 0.717) is 30.2 Å². The second-order valence-corrected chi connectivity index (χ2v) is 4.76. The second-order valence-electron chi connectivity index (χ2n) is 4.38. The van der Waals surface area contributed by atoms with Crippen LogP contribution in [-0.2, 0) is 6.54 Å². The molecule has 3 nitrogen and oxygen atoms in total. The van der Waals surface area contributed by atoms with Gasteiger partial charge < -0.3 is 9.30 Å². The van der Waals surface area contributed by atoms with Gasteiger partial charge in [-0.25, -0.2) is 9.37 Å². The summed E-state index contributed by atoms with van der Waals surface area (Å²) < 4.78 is 20.9. The lowest BCUT2D eigenvalue weighted by atomic mass is 10.2. The molecule has 0 aliphatic carbocycles. The van der Waals surface area contributed by atoms with Gasteiger partial charge in [-0.2, -0.15) is 0 Å². The van der Waals surface area contributed by atoms with E-state index < -0.39 is 0 Å². The molecule has 0 aliphatic rings. The standard InChI is InChI=1S/C16H16ClFN2O/c17-7-2-1-4-14-12-15(18)5-6-16(14)21-11-3-9-20-10-8-19-13-20/h5-6,8,10,12-13H,2-3,7,9,11H2. The summed E-state index contributed by atoms with van der Waals surface area (Å²) in [6.45, 7) is 1.36. The molecule has 0 unspecified atom stereocenters. The van der Waals surface area contributed by atoms with E-state index in [-0.39, 0.29) is 5.82 Å². The molecule has 0 amide bonds. The van der Waals surface area contributed by atoms with Crippen LogP contribution >= 0.6 is 11.6 Å². The Morgan fingerprint density at radius 2 is 2.29 bits per heavy atom. The summed E-state index contributed by atoms with van der Waals surface area (Å²) in [5, 5.41) is 0. The van der Waals surface area contributed by atoms with Gasteiger partial charge in [0.25, 0.3) is 0 Å². The number of ether oxygens (including phenoxy) is 1. The van der Waals surface area contributed by atoms with Gasteiger partial charge in [0.2, 0.25) is 0 Å². The number of rotatable bonds is 6. The first-order chi connectivity index (χ1) is 10.3. The van der Waals surface area contributed by atoms with E-state index in [0.717, 1.165) is 13.0 Å². The summed E-state index contributed by atoms with van der Waals surface area (Å²) in [6.07, 6.45) is 6.81. The topological polar surface area (TPSA) is 27.1 Å². The van der Waals surface area contributed by atoms with Crippen LogP contribution in [0.15, 0.2) is 36.9 Å². The third-order valence-corrected chi connectivity index (χ3v) is 2.95. The highest BCUT2D eigenvalue weighted by Gasteiger charge is 2.03. The first-order valence-corrected chi connectivity index (χ1v) is 7.26. The van der Waals surface area contributed by atoms with Crippen molar-refractivity contribution in [1.82, 2.24) is 9.55 Å². The minimum Gasteiger partial charge on any atom is -0.492 e. The number of aryl methyl sites for hydroxylation is 1. The Labute approximate surface area is 128 Å². The first-order valence-electron chi connectivity index (χ1n) is 6.72. The van der Waals surface area contributed by atoms with Crippen molar-refractivity contribution in [2.24, 2.45) is 0 Å². The molecule has 0 fully saturated rings. The molecule has 0 saturated carbocycles. The van der Waals surface area contributed by atoms with Crippen molar-refractivity contribution >= 4 is 11.6 Å². The van der Waals surface area contributed by atoms with Crippen LogP contribution in [-0.4, -0.2) is 22.0 Å². The maximum atomic E-state index is 13.3. The van der Waals surface area contributed by atoms with Crippen LogP contribution < -0.4 is 4.74 Å². The molecule has 1 aromatic carbocycles. The van der Waals surface area contributed by atoms with Crippen LogP contribution in [0.3, 0.4) is 0 Å². The molecule has 0 bridgehead atoms. The number of imidazole rings is 1. The summed E-state index contributed by atoms with van der Waals surface area (Å²) in [4.78, 5) is 3.98. The Hall–Kier alpha value is -1.99. The highest BCUT2D eigenvalue weighted by molar-refractivity contribution is 6.18. The molecule has 2 rings (SSSR count). The van der Waals surface area contributed by atoms with Gasteiger partial charge in [0.05, 0.1) is 18.5 Å². The minimum atomic E-state index is -0.323. The third-order valence-electron chi connectivity index (χ3n) is 2.76. The predicted molar refractivity (Wildman–Crippen MR) is 81.0 cm³/mol. The predicted octanol–water partition coefficient (Wildman–Crippen LogP) is 3.47. The molecule has 110 valence electrons. The van der Waals surface area contributed by atoms with Gasteiger partial charge in [0.1, 0.15) is 11.6 Å². The summed E-state index contributed by atoms with van der Waals surface area (Å²) >= 11 is 5.57. The van der Waals surface area contributed by atoms with Crippen molar-refractivity contribution in [2.45, 2.75) is 19.4 Å². The van der Waals surface area contributed by atoms with Gasteiger partial charge in [-0.15, -0.1) is 11.6 Å². The zero-order valence-electron chi connectivity index (χ0n) is 11.6. The van der Waals surface area contributed by atoms with Gasteiger partial charge in [-0.3, -0.25) is 0 Å². The van der Waals surface area contributed by atoms with Crippen molar-refractivity contribution in [1.29, 1.82) is 0 Å².